The van der Waals surface area contributed by atoms with E-state index in [9.17, 15) is 9.90 Å². The van der Waals surface area contributed by atoms with Crippen LogP contribution in [0.4, 0.5) is 4.79 Å². The van der Waals surface area contributed by atoms with Gasteiger partial charge in [0, 0.05) is 19.2 Å². The van der Waals surface area contributed by atoms with Crippen LogP contribution in [0.1, 0.15) is 40.0 Å². The summed E-state index contributed by atoms with van der Waals surface area (Å²) in [5.41, 5.74) is -0.426. The fourth-order valence-corrected chi connectivity index (χ4v) is 3.07. The molecule has 2 aliphatic rings. The van der Waals surface area contributed by atoms with Gasteiger partial charge in [-0.15, -0.1) is 0 Å². The number of ether oxygens (including phenoxy) is 1. The van der Waals surface area contributed by atoms with Crippen molar-refractivity contribution in [2.24, 2.45) is 11.8 Å². The van der Waals surface area contributed by atoms with E-state index in [4.69, 9.17) is 4.74 Å². The molecule has 1 heterocycles. The van der Waals surface area contributed by atoms with Crippen molar-refractivity contribution in [2.75, 3.05) is 13.2 Å². The maximum absolute atomic E-state index is 12.0. The highest BCUT2D eigenvalue weighted by molar-refractivity contribution is 5.69. The standard InChI is InChI=1S/C13H23NO3/c1-13(2,3)17-12(16)14-5-4-10-6-9(8-15)7-11(10)14/h9-11,15H,4-8H2,1-3H3/t9?,10-,11-/m1/s1. The molecule has 3 atom stereocenters. The molecule has 1 saturated heterocycles. The zero-order chi connectivity index (χ0) is 12.6. The highest BCUT2D eigenvalue weighted by Crippen LogP contribution is 2.41. The number of carbonyl (C=O) groups excluding carboxylic acids is 1. The average molecular weight is 241 g/mol. The van der Waals surface area contributed by atoms with Crippen molar-refractivity contribution in [3.63, 3.8) is 0 Å². The summed E-state index contributed by atoms with van der Waals surface area (Å²) >= 11 is 0. The van der Waals surface area contributed by atoms with Crippen LogP contribution >= 0.6 is 0 Å². The largest absolute Gasteiger partial charge is 0.444 e. The van der Waals surface area contributed by atoms with Crippen LogP contribution in [-0.4, -0.2) is 40.9 Å². The third-order valence-electron chi connectivity index (χ3n) is 3.78. The van der Waals surface area contributed by atoms with E-state index in [-0.39, 0.29) is 12.7 Å². The van der Waals surface area contributed by atoms with Crippen LogP contribution in [0.3, 0.4) is 0 Å². The number of likely N-dealkylation sites (tertiary alicyclic amines) is 1. The van der Waals surface area contributed by atoms with E-state index < -0.39 is 5.60 Å². The fourth-order valence-electron chi connectivity index (χ4n) is 3.07. The number of amides is 1. The maximum atomic E-state index is 12.0. The van der Waals surface area contributed by atoms with Gasteiger partial charge in [-0.1, -0.05) is 0 Å². The van der Waals surface area contributed by atoms with Gasteiger partial charge in [0.1, 0.15) is 5.60 Å². The number of nitrogens with zero attached hydrogens (tertiary/aromatic N) is 1. The number of rotatable bonds is 1. The first-order valence-corrected chi connectivity index (χ1v) is 6.51. The minimum Gasteiger partial charge on any atom is -0.444 e. The summed E-state index contributed by atoms with van der Waals surface area (Å²) in [5, 5.41) is 9.20. The van der Waals surface area contributed by atoms with Gasteiger partial charge in [0.05, 0.1) is 0 Å². The molecule has 1 aliphatic heterocycles. The molecule has 1 unspecified atom stereocenters. The lowest BCUT2D eigenvalue weighted by atomic mass is 10.0. The van der Waals surface area contributed by atoms with Gasteiger partial charge in [-0.2, -0.15) is 0 Å². The summed E-state index contributed by atoms with van der Waals surface area (Å²) in [4.78, 5) is 13.9. The van der Waals surface area contributed by atoms with Gasteiger partial charge in [-0.3, -0.25) is 0 Å². The van der Waals surface area contributed by atoms with Gasteiger partial charge < -0.3 is 14.7 Å². The Kier molecular flexibility index (Phi) is 3.34. The Hall–Kier alpha value is -0.770. The van der Waals surface area contributed by atoms with Gasteiger partial charge in [0.2, 0.25) is 0 Å². The molecule has 0 aromatic heterocycles. The van der Waals surface area contributed by atoms with Crippen LogP contribution in [0.25, 0.3) is 0 Å². The molecule has 0 aromatic carbocycles. The minimum atomic E-state index is -0.426. The van der Waals surface area contributed by atoms with Crippen molar-refractivity contribution in [3.8, 4) is 0 Å². The smallest absolute Gasteiger partial charge is 0.410 e. The number of carbonyl (C=O) groups is 1. The lowest BCUT2D eigenvalue weighted by molar-refractivity contribution is 0.0212. The molecular weight excluding hydrogens is 218 g/mol. The Morgan fingerprint density at radius 3 is 2.71 bits per heavy atom. The molecule has 98 valence electrons. The Morgan fingerprint density at radius 2 is 2.12 bits per heavy atom. The van der Waals surface area contributed by atoms with Crippen LogP contribution in [-0.2, 0) is 4.74 Å². The molecule has 1 aliphatic carbocycles. The number of hydrogen-bond acceptors (Lipinski definition) is 3. The van der Waals surface area contributed by atoms with E-state index in [1.54, 1.807) is 0 Å². The zero-order valence-corrected chi connectivity index (χ0v) is 11.0. The average Bonchev–Trinajstić information content (AvgIpc) is 2.71. The molecule has 0 spiro atoms. The van der Waals surface area contributed by atoms with Crippen LogP contribution in [0.2, 0.25) is 0 Å². The van der Waals surface area contributed by atoms with Gasteiger partial charge in [0.15, 0.2) is 0 Å². The molecule has 2 rings (SSSR count). The predicted octanol–water partition coefficient (Wildman–Crippen LogP) is 2.01. The first-order chi connectivity index (χ1) is 7.90. The van der Waals surface area contributed by atoms with E-state index in [2.05, 4.69) is 0 Å². The van der Waals surface area contributed by atoms with Crippen molar-refractivity contribution < 1.29 is 14.6 Å². The molecule has 17 heavy (non-hydrogen) atoms. The summed E-state index contributed by atoms with van der Waals surface area (Å²) in [5.74, 6) is 0.940. The Bertz CT molecular complexity index is 298. The molecule has 4 nitrogen and oxygen atoms in total. The van der Waals surface area contributed by atoms with Crippen molar-refractivity contribution in [3.05, 3.63) is 0 Å². The highest BCUT2D eigenvalue weighted by atomic mass is 16.6. The SMILES string of the molecule is CC(C)(C)OC(=O)N1CC[C@@H]2CC(CO)C[C@H]21. The van der Waals surface area contributed by atoms with Crippen molar-refractivity contribution >= 4 is 6.09 Å². The maximum Gasteiger partial charge on any atom is 0.410 e. The van der Waals surface area contributed by atoms with Gasteiger partial charge in [0.25, 0.3) is 0 Å². The third-order valence-corrected chi connectivity index (χ3v) is 3.78. The van der Waals surface area contributed by atoms with E-state index in [1.165, 1.54) is 0 Å². The Balaban J connectivity index is 1.97. The van der Waals surface area contributed by atoms with Crippen LogP contribution in [0.5, 0.6) is 0 Å². The minimum absolute atomic E-state index is 0.191. The van der Waals surface area contributed by atoms with E-state index in [0.29, 0.717) is 17.9 Å². The summed E-state index contributed by atoms with van der Waals surface area (Å²) in [7, 11) is 0. The number of aliphatic hydroxyl groups is 1. The molecule has 0 bridgehead atoms. The van der Waals surface area contributed by atoms with Gasteiger partial charge >= 0.3 is 6.09 Å². The highest BCUT2D eigenvalue weighted by Gasteiger charge is 2.44. The second kappa shape index (κ2) is 4.48. The van der Waals surface area contributed by atoms with Crippen LogP contribution in [0, 0.1) is 11.8 Å². The number of aliphatic hydroxyl groups excluding tert-OH is 1. The Morgan fingerprint density at radius 1 is 1.41 bits per heavy atom. The Labute approximate surface area is 103 Å². The van der Waals surface area contributed by atoms with Gasteiger partial charge in [-0.25, -0.2) is 4.79 Å². The molecule has 0 aromatic rings. The topological polar surface area (TPSA) is 49.8 Å². The lowest BCUT2D eigenvalue weighted by Gasteiger charge is -2.28. The number of hydrogen-bond donors (Lipinski definition) is 1. The molecule has 2 fully saturated rings. The fraction of sp³-hybridized carbons (Fsp3) is 0.923. The second-order valence-electron chi connectivity index (χ2n) is 6.31. The first kappa shape index (κ1) is 12.7. The van der Waals surface area contributed by atoms with Crippen molar-refractivity contribution in [1.29, 1.82) is 0 Å². The molecule has 1 saturated carbocycles. The van der Waals surface area contributed by atoms with Gasteiger partial charge in [-0.05, 0) is 51.9 Å². The summed E-state index contributed by atoms with van der Waals surface area (Å²) in [6, 6.07) is 0.294. The third kappa shape index (κ3) is 2.73. The quantitative estimate of drug-likeness (QED) is 0.764. The molecule has 1 N–H and O–H groups in total. The van der Waals surface area contributed by atoms with Crippen LogP contribution in [0.15, 0.2) is 0 Å². The van der Waals surface area contributed by atoms with E-state index in [0.717, 1.165) is 25.8 Å². The van der Waals surface area contributed by atoms with Crippen LogP contribution < -0.4 is 0 Å². The van der Waals surface area contributed by atoms with Crippen molar-refractivity contribution in [2.45, 2.75) is 51.7 Å². The summed E-state index contributed by atoms with van der Waals surface area (Å²) in [6.07, 6.45) is 2.85. The zero-order valence-electron chi connectivity index (χ0n) is 11.0. The molecule has 4 heteroatoms. The normalized spacial score (nSPS) is 32.7. The summed E-state index contributed by atoms with van der Waals surface area (Å²) in [6.45, 7) is 6.73. The number of fused-ring (bicyclic) bond motifs is 1. The second-order valence-corrected chi connectivity index (χ2v) is 6.31. The summed E-state index contributed by atoms with van der Waals surface area (Å²) < 4.78 is 5.42. The lowest BCUT2D eigenvalue weighted by Crippen LogP contribution is -2.40. The monoisotopic (exact) mass is 241 g/mol. The van der Waals surface area contributed by atoms with Crippen molar-refractivity contribution in [1.82, 2.24) is 4.90 Å². The molecule has 1 amide bonds. The van der Waals surface area contributed by atoms with E-state index in [1.807, 2.05) is 25.7 Å². The van der Waals surface area contributed by atoms with E-state index >= 15 is 0 Å². The predicted molar refractivity (Wildman–Crippen MR) is 64.6 cm³/mol. The molecular formula is C13H23NO3. The molecule has 0 radical (unpaired) electrons. The first-order valence-electron chi connectivity index (χ1n) is 6.51.